The highest BCUT2D eigenvalue weighted by Gasteiger charge is 2.55. The first-order valence-electron chi connectivity index (χ1n) is 24.5. The van der Waals surface area contributed by atoms with Gasteiger partial charge in [-0.1, -0.05) is 78.9 Å². The number of ether oxygens (including phenoxy) is 14. The monoisotopic (exact) mass is 1030 g/mol. The van der Waals surface area contributed by atoms with Gasteiger partial charge in [0.25, 0.3) is 5.69 Å². The van der Waals surface area contributed by atoms with Crippen LogP contribution in [0.15, 0.2) is 152 Å². The van der Waals surface area contributed by atoms with Gasteiger partial charge in [-0.2, -0.15) is 0 Å². The standard InChI is InChI=1S/C57H61NO17/c1-62-42-20-10-36(11-21-42)30-66-34-47-51(67-31-37-12-22-43(63-2)23-13-37)53(68-32-38-14-24-44(64-3)25-15-38)54(69-33-39-16-26-45(65-4)27-17-39)57(72-47)75-52-49(59)50-48(35-70-55(74-50)40-8-6-5-7-9-40)73-56(52)71-46-28-18-41(19-29-46)58(60)61/h5-29,47-57,59H,30-35H2,1-4H3. The number of aliphatic hydroxyl groups is 1. The van der Waals surface area contributed by atoms with Crippen LogP contribution in [0, 0.1) is 10.1 Å². The van der Waals surface area contributed by atoms with Crippen LogP contribution in [0.3, 0.4) is 0 Å². The number of aliphatic hydroxyl groups excluding tert-OH is 1. The number of fused-ring (bicyclic) bond motifs is 1. The maximum Gasteiger partial charge on any atom is 0.269 e. The molecular formula is C57H61NO17. The van der Waals surface area contributed by atoms with Gasteiger partial charge in [-0.05, 0) is 82.9 Å². The Morgan fingerprint density at radius 1 is 0.533 bits per heavy atom. The maximum absolute atomic E-state index is 12.6. The molecular weight excluding hydrogens is 971 g/mol. The molecule has 0 aromatic heterocycles. The van der Waals surface area contributed by atoms with Crippen molar-refractivity contribution in [3.05, 3.63) is 190 Å². The van der Waals surface area contributed by atoms with Gasteiger partial charge in [-0.15, -0.1) is 0 Å². The number of nitrogens with zero attached hydrogens (tertiary/aromatic N) is 1. The largest absolute Gasteiger partial charge is 0.497 e. The van der Waals surface area contributed by atoms with Gasteiger partial charge in [0.2, 0.25) is 6.29 Å². The molecule has 0 saturated carbocycles. The SMILES string of the molecule is COc1ccc(COCC2OC(OC3C(Oc4ccc([N+](=O)[O-])cc4)OC4COC(c5ccccc5)OC4C3O)C(OCc3ccc(OC)cc3)C(OCc3ccc(OC)cc3)C2OCc2ccc(OC)cc2)cc1. The lowest BCUT2D eigenvalue weighted by molar-refractivity contribution is -0.390. The van der Waals surface area contributed by atoms with Crippen LogP contribution in [0.2, 0.25) is 0 Å². The van der Waals surface area contributed by atoms with E-state index in [0.717, 1.165) is 27.8 Å². The van der Waals surface area contributed by atoms with Crippen molar-refractivity contribution in [2.24, 2.45) is 0 Å². The molecule has 6 aromatic rings. The van der Waals surface area contributed by atoms with E-state index in [9.17, 15) is 15.2 Å². The summed E-state index contributed by atoms with van der Waals surface area (Å²) in [5, 5.41) is 24.2. The second kappa shape index (κ2) is 25.7. The summed E-state index contributed by atoms with van der Waals surface area (Å²) < 4.78 is 88.8. The van der Waals surface area contributed by atoms with Crippen molar-refractivity contribution in [1.82, 2.24) is 0 Å². The molecule has 9 rings (SSSR count). The predicted molar refractivity (Wildman–Crippen MR) is 269 cm³/mol. The van der Waals surface area contributed by atoms with Crippen LogP contribution in [-0.2, 0) is 69.1 Å². The molecule has 0 radical (unpaired) electrons. The molecule has 3 heterocycles. The van der Waals surface area contributed by atoms with E-state index in [1.165, 1.54) is 24.3 Å². The fraction of sp³-hybridized carbons (Fsp3) is 0.368. The first kappa shape index (κ1) is 53.2. The van der Waals surface area contributed by atoms with Gasteiger partial charge < -0.3 is 71.4 Å². The minimum atomic E-state index is -1.43. The highest BCUT2D eigenvalue weighted by molar-refractivity contribution is 5.36. The lowest BCUT2D eigenvalue weighted by atomic mass is 9.95. The van der Waals surface area contributed by atoms with E-state index >= 15 is 0 Å². The summed E-state index contributed by atoms with van der Waals surface area (Å²) in [6.07, 6.45) is -11.9. The Kier molecular flexibility index (Phi) is 18.2. The molecule has 3 saturated heterocycles. The molecule has 75 heavy (non-hydrogen) atoms. The number of benzene rings is 6. The van der Waals surface area contributed by atoms with E-state index in [-0.39, 0.29) is 51.1 Å². The van der Waals surface area contributed by atoms with Crippen LogP contribution in [-0.4, -0.2) is 113 Å². The van der Waals surface area contributed by atoms with Crippen molar-refractivity contribution in [2.75, 3.05) is 41.7 Å². The fourth-order valence-corrected chi connectivity index (χ4v) is 8.97. The second-order valence-corrected chi connectivity index (χ2v) is 18.0. The Morgan fingerprint density at radius 2 is 1.01 bits per heavy atom. The summed E-state index contributed by atoms with van der Waals surface area (Å²) >= 11 is 0. The van der Waals surface area contributed by atoms with Crippen LogP contribution >= 0.6 is 0 Å². The number of hydrogen-bond acceptors (Lipinski definition) is 17. The van der Waals surface area contributed by atoms with E-state index in [1.807, 2.05) is 127 Å². The van der Waals surface area contributed by atoms with Gasteiger partial charge in [0.05, 0.1) is 73.0 Å². The predicted octanol–water partition coefficient (Wildman–Crippen LogP) is 8.29. The summed E-state index contributed by atoms with van der Waals surface area (Å²) in [7, 11) is 6.41. The van der Waals surface area contributed by atoms with Crippen LogP contribution in [0.4, 0.5) is 5.69 Å². The first-order chi connectivity index (χ1) is 36.7. The third-order valence-electron chi connectivity index (χ3n) is 13.1. The molecule has 3 aliphatic rings. The van der Waals surface area contributed by atoms with Gasteiger partial charge in [0.15, 0.2) is 18.7 Å². The van der Waals surface area contributed by atoms with Crippen molar-refractivity contribution in [3.63, 3.8) is 0 Å². The van der Waals surface area contributed by atoms with Gasteiger partial charge in [-0.25, -0.2) is 0 Å². The minimum Gasteiger partial charge on any atom is -0.497 e. The normalized spacial score (nSPS) is 25.4. The molecule has 0 bridgehead atoms. The Labute approximate surface area is 434 Å². The van der Waals surface area contributed by atoms with Crippen molar-refractivity contribution in [2.45, 2.75) is 94.1 Å². The molecule has 18 heteroatoms. The molecule has 6 aromatic carbocycles. The fourth-order valence-electron chi connectivity index (χ4n) is 8.97. The molecule has 396 valence electrons. The average molecular weight is 1030 g/mol. The summed E-state index contributed by atoms with van der Waals surface area (Å²) in [5.41, 5.74) is 3.97. The molecule has 3 fully saturated rings. The molecule has 0 amide bonds. The highest BCUT2D eigenvalue weighted by atomic mass is 16.8. The van der Waals surface area contributed by atoms with Crippen LogP contribution in [0.25, 0.3) is 0 Å². The molecule has 18 nitrogen and oxygen atoms in total. The quantitative estimate of drug-likeness (QED) is 0.0476. The number of rotatable bonds is 23. The summed E-state index contributed by atoms with van der Waals surface area (Å²) in [4.78, 5) is 11.1. The molecule has 0 spiro atoms. The maximum atomic E-state index is 12.6. The Balaban J connectivity index is 1.09. The Bertz CT molecular complexity index is 2680. The van der Waals surface area contributed by atoms with Crippen LogP contribution in [0.1, 0.15) is 34.1 Å². The van der Waals surface area contributed by atoms with Crippen molar-refractivity contribution in [3.8, 4) is 28.7 Å². The molecule has 1 N–H and O–H groups in total. The summed E-state index contributed by atoms with van der Waals surface area (Å²) in [6.45, 7) is 0.524. The van der Waals surface area contributed by atoms with Crippen molar-refractivity contribution < 1.29 is 76.3 Å². The third-order valence-corrected chi connectivity index (χ3v) is 13.1. The molecule has 3 aliphatic heterocycles. The summed E-state index contributed by atoms with van der Waals surface area (Å²) in [5.74, 6) is 2.95. The number of non-ortho nitro benzene ring substituents is 1. The van der Waals surface area contributed by atoms with Crippen LogP contribution < -0.4 is 23.7 Å². The lowest BCUT2D eigenvalue weighted by Gasteiger charge is -2.50. The second-order valence-electron chi connectivity index (χ2n) is 18.0. The molecule has 0 aliphatic carbocycles. The van der Waals surface area contributed by atoms with E-state index in [2.05, 4.69) is 0 Å². The first-order valence-corrected chi connectivity index (χ1v) is 24.5. The van der Waals surface area contributed by atoms with Gasteiger partial charge in [-0.3, -0.25) is 10.1 Å². The average Bonchev–Trinajstić information content (AvgIpc) is 3.45. The van der Waals surface area contributed by atoms with Crippen molar-refractivity contribution >= 4 is 5.69 Å². The zero-order chi connectivity index (χ0) is 52.1. The van der Waals surface area contributed by atoms with Crippen LogP contribution in [0.5, 0.6) is 28.7 Å². The number of methoxy groups -OCH3 is 4. The van der Waals surface area contributed by atoms with E-state index in [1.54, 1.807) is 28.4 Å². The number of hydrogen-bond donors (Lipinski definition) is 1. The van der Waals surface area contributed by atoms with E-state index in [0.29, 0.717) is 23.0 Å². The lowest BCUT2D eigenvalue weighted by Crippen LogP contribution is -2.67. The van der Waals surface area contributed by atoms with Gasteiger partial charge in [0, 0.05) is 17.7 Å². The molecule has 11 unspecified atom stereocenters. The number of nitro groups is 1. The van der Waals surface area contributed by atoms with Gasteiger partial charge >= 0.3 is 0 Å². The smallest absolute Gasteiger partial charge is 0.269 e. The topological polar surface area (TPSA) is 193 Å². The third kappa shape index (κ3) is 13.6. The van der Waals surface area contributed by atoms with E-state index in [4.69, 9.17) is 66.3 Å². The Morgan fingerprint density at radius 3 is 1.52 bits per heavy atom. The summed E-state index contributed by atoms with van der Waals surface area (Å²) in [6, 6.07) is 44.9. The zero-order valence-corrected chi connectivity index (χ0v) is 42.0. The number of nitro benzene ring substituents is 1. The zero-order valence-electron chi connectivity index (χ0n) is 42.0. The Hall–Kier alpha value is -6.68. The molecule has 11 atom stereocenters. The highest BCUT2D eigenvalue weighted by Crippen LogP contribution is 2.39. The van der Waals surface area contributed by atoms with Gasteiger partial charge in [0.1, 0.15) is 71.5 Å². The van der Waals surface area contributed by atoms with Crippen molar-refractivity contribution in [1.29, 1.82) is 0 Å². The minimum absolute atomic E-state index is 0.0108. The van der Waals surface area contributed by atoms with E-state index < -0.39 is 72.6 Å².